The minimum Gasteiger partial charge on any atom is -0.491 e. The largest absolute Gasteiger partial charge is 0.491 e. The Morgan fingerprint density at radius 2 is 1.79 bits per heavy atom. The molecular weight excluding hydrogens is 304 g/mol. The lowest BCUT2D eigenvalue weighted by atomic mass is 9.86. The number of hydrogen-bond donors (Lipinski definition) is 1. The molecular formula is C19H26N2O3. The number of nitrogens with one attached hydrogen (secondary N) is 1. The summed E-state index contributed by atoms with van der Waals surface area (Å²) in [5.74, 6) is 2.10. The highest BCUT2D eigenvalue weighted by Gasteiger charge is 2.34. The van der Waals surface area contributed by atoms with E-state index in [1.165, 1.54) is 0 Å². The smallest absolute Gasteiger partial charge is 0.317 e. The van der Waals surface area contributed by atoms with Gasteiger partial charge in [0.1, 0.15) is 12.4 Å². The molecule has 1 aliphatic heterocycles. The fraction of sp³-hybridized carbons (Fsp3) is 0.526. The normalized spacial score (nSPS) is 22.3. The Morgan fingerprint density at radius 3 is 2.42 bits per heavy atom. The number of ether oxygens (including phenoxy) is 2. The van der Waals surface area contributed by atoms with Crippen molar-refractivity contribution in [1.29, 1.82) is 0 Å². The second-order valence-corrected chi connectivity index (χ2v) is 6.51. The zero-order valence-corrected chi connectivity index (χ0v) is 14.2. The molecule has 2 aliphatic rings. The summed E-state index contributed by atoms with van der Waals surface area (Å²) in [7, 11) is 1.65. The molecule has 1 heterocycles. The number of allylic oxidation sites excluding steroid dienone is 2. The van der Waals surface area contributed by atoms with Gasteiger partial charge in [-0.1, -0.05) is 24.3 Å². The average Bonchev–Trinajstić information content (AvgIpc) is 3.05. The topological polar surface area (TPSA) is 50.8 Å². The van der Waals surface area contributed by atoms with E-state index < -0.39 is 0 Å². The summed E-state index contributed by atoms with van der Waals surface area (Å²) in [6, 6.07) is 7.86. The van der Waals surface area contributed by atoms with E-state index in [0.29, 0.717) is 31.6 Å². The lowest BCUT2D eigenvalue weighted by Gasteiger charge is -2.17. The van der Waals surface area contributed by atoms with Crippen molar-refractivity contribution in [1.82, 2.24) is 10.2 Å². The number of benzene rings is 1. The average molecular weight is 330 g/mol. The van der Waals surface area contributed by atoms with E-state index in [0.717, 1.165) is 37.2 Å². The third kappa shape index (κ3) is 4.29. The van der Waals surface area contributed by atoms with E-state index in [1.54, 1.807) is 7.11 Å². The molecule has 1 aliphatic carbocycles. The summed E-state index contributed by atoms with van der Waals surface area (Å²) in [5, 5.41) is 3.03. The number of carbonyl (C=O) groups excluding carboxylic acids is 1. The van der Waals surface area contributed by atoms with Crippen LogP contribution in [0.4, 0.5) is 4.79 Å². The summed E-state index contributed by atoms with van der Waals surface area (Å²) >= 11 is 0. The SMILES string of the molecule is COCCOc1ccc(CNC(=O)N2CC3CC=CCC3C2)cc1. The number of carbonyl (C=O) groups is 1. The number of amides is 2. The molecule has 130 valence electrons. The number of urea groups is 1. The second kappa shape index (κ2) is 8.20. The van der Waals surface area contributed by atoms with Crippen molar-refractivity contribution in [2.45, 2.75) is 19.4 Å². The first-order chi connectivity index (χ1) is 11.8. The summed E-state index contributed by atoms with van der Waals surface area (Å²) in [5.41, 5.74) is 1.07. The van der Waals surface area contributed by atoms with Gasteiger partial charge < -0.3 is 19.7 Å². The molecule has 2 amide bonds. The van der Waals surface area contributed by atoms with Gasteiger partial charge in [-0.2, -0.15) is 0 Å². The number of nitrogens with zero attached hydrogens (tertiary/aromatic N) is 1. The van der Waals surface area contributed by atoms with Crippen LogP contribution >= 0.6 is 0 Å². The summed E-state index contributed by atoms with van der Waals surface area (Å²) in [4.78, 5) is 14.3. The molecule has 24 heavy (non-hydrogen) atoms. The third-order valence-electron chi connectivity index (χ3n) is 4.83. The highest BCUT2D eigenvalue weighted by atomic mass is 16.5. The Balaban J connectivity index is 1.43. The van der Waals surface area contributed by atoms with Crippen molar-refractivity contribution in [3.8, 4) is 5.75 Å². The maximum atomic E-state index is 12.4. The van der Waals surface area contributed by atoms with Crippen LogP contribution in [-0.4, -0.2) is 44.3 Å². The van der Waals surface area contributed by atoms with Crippen LogP contribution in [0.2, 0.25) is 0 Å². The van der Waals surface area contributed by atoms with E-state index >= 15 is 0 Å². The van der Waals surface area contributed by atoms with Crippen LogP contribution < -0.4 is 10.1 Å². The molecule has 3 rings (SSSR count). The van der Waals surface area contributed by atoms with Crippen molar-refractivity contribution >= 4 is 6.03 Å². The minimum absolute atomic E-state index is 0.0461. The van der Waals surface area contributed by atoms with Crippen LogP contribution in [0.5, 0.6) is 5.75 Å². The Hall–Kier alpha value is -2.01. The zero-order chi connectivity index (χ0) is 16.8. The monoisotopic (exact) mass is 330 g/mol. The molecule has 1 N–H and O–H groups in total. The lowest BCUT2D eigenvalue weighted by Crippen LogP contribution is -2.38. The van der Waals surface area contributed by atoms with Crippen molar-refractivity contribution in [3.63, 3.8) is 0 Å². The van der Waals surface area contributed by atoms with Crippen LogP contribution in [0.3, 0.4) is 0 Å². The van der Waals surface area contributed by atoms with E-state index in [1.807, 2.05) is 29.2 Å². The highest BCUT2D eigenvalue weighted by molar-refractivity contribution is 5.74. The molecule has 0 aromatic heterocycles. The molecule has 0 radical (unpaired) electrons. The number of methoxy groups -OCH3 is 1. The molecule has 1 fully saturated rings. The molecule has 1 saturated heterocycles. The molecule has 1 aromatic carbocycles. The molecule has 0 saturated carbocycles. The first-order valence-electron chi connectivity index (χ1n) is 8.64. The second-order valence-electron chi connectivity index (χ2n) is 6.51. The molecule has 5 nitrogen and oxygen atoms in total. The Kier molecular flexibility index (Phi) is 5.75. The van der Waals surface area contributed by atoms with Crippen LogP contribution in [0.1, 0.15) is 18.4 Å². The van der Waals surface area contributed by atoms with Gasteiger partial charge in [0.2, 0.25) is 0 Å². The number of fused-ring (bicyclic) bond motifs is 1. The van der Waals surface area contributed by atoms with Gasteiger partial charge >= 0.3 is 6.03 Å². The Morgan fingerprint density at radius 1 is 1.12 bits per heavy atom. The van der Waals surface area contributed by atoms with E-state index in [2.05, 4.69) is 17.5 Å². The predicted molar refractivity (Wildman–Crippen MR) is 93.0 cm³/mol. The number of rotatable bonds is 6. The lowest BCUT2D eigenvalue weighted by molar-refractivity contribution is 0.146. The predicted octanol–water partition coefficient (Wildman–Crippen LogP) is 2.82. The van der Waals surface area contributed by atoms with Crippen LogP contribution in [0, 0.1) is 11.8 Å². The molecule has 5 heteroatoms. The Bertz CT molecular complexity index is 554. The van der Waals surface area contributed by atoms with Gasteiger partial charge in [0.05, 0.1) is 6.61 Å². The number of hydrogen-bond acceptors (Lipinski definition) is 3. The van der Waals surface area contributed by atoms with Gasteiger partial charge in [-0.3, -0.25) is 0 Å². The van der Waals surface area contributed by atoms with Crippen molar-refractivity contribution in [3.05, 3.63) is 42.0 Å². The fourth-order valence-electron chi connectivity index (χ4n) is 3.42. The van der Waals surface area contributed by atoms with Crippen LogP contribution in [0.15, 0.2) is 36.4 Å². The van der Waals surface area contributed by atoms with Crippen molar-refractivity contribution < 1.29 is 14.3 Å². The fourth-order valence-corrected chi connectivity index (χ4v) is 3.42. The van der Waals surface area contributed by atoms with Gasteiger partial charge in [-0.15, -0.1) is 0 Å². The first kappa shape index (κ1) is 16.8. The molecule has 0 bridgehead atoms. The number of likely N-dealkylation sites (tertiary alicyclic amines) is 1. The first-order valence-corrected chi connectivity index (χ1v) is 8.64. The van der Waals surface area contributed by atoms with Gasteiger partial charge in [0.25, 0.3) is 0 Å². The molecule has 2 unspecified atom stereocenters. The van der Waals surface area contributed by atoms with Gasteiger partial charge in [0, 0.05) is 26.7 Å². The van der Waals surface area contributed by atoms with Gasteiger partial charge in [-0.25, -0.2) is 4.79 Å². The summed E-state index contributed by atoms with van der Waals surface area (Å²) < 4.78 is 10.5. The van der Waals surface area contributed by atoms with E-state index in [9.17, 15) is 4.79 Å². The summed E-state index contributed by atoms with van der Waals surface area (Å²) in [6.45, 7) is 3.42. The summed E-state index contributed by atoms with van der Waals surface area (Å²) in [6.07, 6.45) is 6.72. The quantitative estimate of drug-likeness (QED) is 0.644. The van der Waals surface area contributed by atoms with Crippen LogP contribution in [-0.2, 0) is 11.3 Å². The van der Waals surface area contributed by atoms with Crippen molar-refractivity contribution in [2.24, 2.45) is 11.8 Å². The van der Waals surface area contributed by atoms with E-state index in [-0.39, 0.29) is 6.03 Å². The third-order valence-corrected chi connectivity index (χ3v) is 4.83. The van der Waals surface area contributed by atoms with Gasteiger partial charge in [-0.05, 0) is 42.4 Å². The van der Waals surface area contributed by atoms with Crippen LogP contribution in [0.25, 0.3) is 0 Å². The Labute approximate surface area is 143 Å². The molecule has 0 spiro atoms. The zero-order valence-electron chi connectivity index (χ0n) is 14.2. The molecule has 1 aromatic rings. The molecule has 2 atom stereocenters. The highest BCUT2D eigenvalue weighted by Crippen LogP contribution is 2.32. The van der Waals surface area contributed by atoms with E-state index in [4.69, 9.17) is 9.47 Å². The van der Waals surface area contributed by atoms with Gasteiger partial charge in [0.15, 0.2) is 0 Å². The minimum atomic E-state index is 0.0461. The standard InChI is InChI=1S/C19H26N2O3/c1-23-10-11-24-18-8-6-15(7-9-18)12-20-19(22)21-13-16-4-2-3-5-17(16)14-21/h2-3,6-9,16-17H,4-5,10-14H2,1H3,(H,20,22). The maximum Gasteiger partial charge on any atom is 0.317 e. The van der Waals surface area contributed by atoms with Crippen molar-refractivity contribution in [2.75, 3.05) is 33.4 Å². The maximum absolute atomic E-state index is 12.4.